The number of carbonyl (C=O) groups is 1. The van der Waals surface area contributed by atoms with Crippen molar-refractivity contribution in [3.05, 3.63) is 65.9 Å². The standard InChI is InChI=1S/C20H22N2O/c1-22(2)18-10-7-15(8-11-18)20-6-4-3-5-16(20)14-21-17-9-12-19(23)13-17/h3-8,10-11,13,21H,9,12,14H2,1-2H3. The predicted molar refractivity (Wildman–Crippen MR) is 95.4 cm³/mol. The number of benzene rings is 2. The van der Waals surface area contributed by atoms with Gasteiger partial charge >= 0.3 is 0 Å². The van der Waals surface area contributed by atoms with E-state index in [1.165, 1.54) is 22.4 Å². The maximum atomic E-state index is 11.3. The van der Waals surface area contributed by atoms with Crippen molar-refractivity contribution < 1.29 is 4.79 Å². The van der Waals surface area contributed by atoms with Crippen LogP contribution in [0.15, 0.2) is 60.3 Å². The second-order valence-corrected chi connectivity index (χ2v) is 6.09. The molecule has 0 heterocycles. The number of nitrogens with one attached hydrogen (secondary N) is 1. The van der Waals surface area contributed by atoms with E-state index in [0.29, 0.717) is 6.42 Å². The first-order chi connectivity index (χ1) is 11.1. The van der Waals surface area contributed by atoms with Gasteiger partial charge in [0.1, 0.15) is 0 Å². The van der Waals surface area contributed by atoms with Crippen molar-refractivity contribution in [2.45, 2.75) is 19.4 Å². The molecule has 3 rings (SSSR count). The molecule has 0 amide bonds. The number of rotatable bonds is 5. The van der Waals surface area contributed by atoms with Crippen LogP contribution in [0, 0.1) is 0 Å². The number of ketones is 1. The zero-order valence-corrected chi connectivity index (χ0v) is 13.7. The molecule has 0 atom stereocenters. The Morgan fingerprint density at radius 3 is 2.39 bits per heavy atom. The zero-order valence-electron chi connectivity index (χ0n) is 13.7. The molecule has 0 aliphatic heterocycles. The van der Waals surface area contributed by atoms with Crippen LogP contribution in [-0.2, 0) is 11.3 Å². The molecule has 118 valence electrons. The fraction of sp³-hybridized carbons (Fsp3) is 0.250. The third-order valence-electron chi connectivity index (χ3n) is 4.19. The number of allylic oxidation sites excluding steroid dienone is 2. The Bertz CT molecular complexity index is 730. The first kappa shape index (κ1) is 15.3. The minimum absolute atomic E-state index is 0.222. The van der Waals surface area contributed by atoms with E-state index in [1.807, 2.05) is 14.1 Å². The lowest BCUT2D eigenvalue weighted by Gasteiger charge is -2.15. The summed E-state index contributed by atoms with van der Waals surface area (Å²) in [4.78, 5) is 13.4. The lowest BCUT2D eigenvalue weighted by molar-refractivity contribution is -0.114. The van der Waals surface area contributed by atoms with Crippen LogP contribution in [-0.4, -0.2) is 19.9 Å². The summed E-state index contributed by atoms with van der Waals surface area (Å²) in [6.07, 6.45) is 3.20. The SMILES string of the molecule is CN(C)c1ccc(-c2ccccc2CNC2=CC(=O)CC2)cc1. The number of anilines is 1. The second-order valence-electron chi connectivity index (χ2n) is 6.09. The average Bonchev–Trinajstić information content (AvgIpc) is 2.99. The average molecular weight is 306 g/mol. The highest BCUT2D eigenvalue weighted by atomic mass is 16.1. The van der Waals surface area contributed by atoms with E-state index in [0.717, 1.165) is 18.7 Å². The Balaban J connectivity index is 1.80. The Kier molecular flexibility index (Phi) is 4.47. The van der Waals surface area contributed by atoms with Gasteiger partial charge in [-0.1, -0.05) is 36.4 Å². The van der Waals surface area contributed by atoms with Gasteiger partial charge in [-0.05, 0) is 35.2 Å². The molecular weight excluding hydrogens is 284 g/mol. The molecule has 2 aromatic rings. The fourth-order valence-electron chi connectivity index (χ4n) is 2.84. The lowest BCUT2D eigenvalue weighted by atomic mass is 9.99. The van der Waals surface area contributed by atoms with Gasteiger partial charge in [0.2, 0.25) is 0 Å². The van der Waals surface area contributed by atoms with Crippen molar-refractivity contribution in [1.29, 1.82) is 0 Å². The van der Waals surface area contributed by atoms with Gasteiger partial charge in [-0.2, -0.15) is 0 Å². The van der Waals surface area contributed by atoms with Crippen LogP contribution in [0.3, 0.4) is 0 Å². The molecular formula is C20H22N2O. The van der Waals surface area contributed by atoms with Gasteiger partial charge in [-0.25, -0.2) is 0 Å². The van der Waals surface area contributed by atoms with Crippen LogP contribution in [0.4, 0.5) is 5.69 Å². The van der Waals surface area contributed by atoms with Gasteiger partial charge in [0, 0.05) is 44.5 Å². The topological polar surface area (TPSA) is 32.3 Å². The van der Waals surface area contributed by atoms with E-state index in [9.17, 15) is 4.79 Å². The van der Waals surface area contributed by atoms with Crippen molar-refractivity contribution in [3.8, 4) is 11.1 Å². The van der Waals surface area contributed by atoms with Crippen LogP contribution >= 0.6 is 0 Å². The summed E-state index contributed by atoms with van der Waals surface area (Å²) in [6.45, 7) is 0.741. The molecule has 0 fully saturated rings. The quantitative estimate of drug-likeness (QED) is 0.913. The van der Waals surface area contributed by atoms with Gasteiger partial charge in [-0.15, -0.1) is 0 Å². The van der Waals surface area contributed by atoms with E-state index in [1.54, 1.807) is 6.08 Å². The van der Waals surface area contributed by atoms with E-state index >= 15 is 0 Å². The van der Waals surface area contributed by atoms with Crippen molar-refractivity contribution >= 4 is 11.5 Å². The summed E-state index contributed by atoms with van der Waals surface area (Å²) in [5.41, 5.74) is 5.93. The normalized spacial score (nSPS) is 13.8. The molecule has 23 heavy (non-hydrogen) atoms. The van der Waals surface area contributed by atoms with Crippen molar-refractivity contribution in [2.24, 2.45) is 0 Å². The molecule has 0 saturated carbocycles. The second kappa shape index (κ2) is 6.69. The largest absolute Gasteiger partial charge is 0.384 e. The minimum Gasteiger partial charge on any atom is -0.384 e. The van der Waals surface area contributed by atoms with E-state index in [-0.39, 0.29) is 5.78 Å². The maximum Gasteiger partial charge on any atom is 0.157 e. The molecule has 3 nitrogen and oxygen atoms in total. The Morgan fingerprint density at radius 2 is 1.74 bits per heavy atom. The summed E-state index contributed by atoms with van der Waals surface area (Å²) < 4.78 is 0. The molecule has 0 bridgehead atoms. The number of hydrogen-bond donors (Lipinski definition) is 1. The molecule has 0 radical (unpaired) electrons. The first-order valence-corrected chi connectivity index (χ1v) is 7.96. The van der Waals surface area contributed by atoms with Crippen LogP contribution in [0.2, 0.25) is 0 Å². The molecule has 1 aliphatic carbocycles. The molecule has 0 unspecified atom stereocenters. The smallest absolute Gasteiger partial charge is 0.157 e. The summed E-state index contributed by atoms with van der Waals surface area (Å²) >= 11 is 0. The Hall–Kier alpha value is -2.55. The molecule has 3 heteroatoms. The fourth-order valence-corrected chi connectivity index (χ4v) is 2.84. The zero-order chi connectivity index (χ0) is 16.2. The van der Waals surface area contributed by atoms with Gasteiger partial charge < -0.3 is 10.2 Å². The van der Waals surface area contributed by atoms with E-state index in [4.69, 9.17) is 0 Å². The number of nitrogens with zero attached hydrogens (tertiary/aromatic N) is 1. The molecule has 1 aliphatic rings. The highest BCUT2D eigenvalue weighted by Crippen LogP contribution is 2.26. The van der Waals surface area contributed by atoms with Crippen LogP contribution in [0.1, 0.15) is 18.4 Å². The molecule has 0 aromatic heterocycles. The Morgan fingerprint density at radius 1 is 1.00 bits per heavy atom. The summed E-state index contributed by atoms with van der Waals surface area (Å²) in [5, 5.41) is 3.40. The van der Waals surface area contributed by atoms with Gasteiger partial charge in [0.15, 0.2) is 5.78 Å². The van der Waals surface area contributed by atoms with Gasteiger partial charge in [0.05, 0.1) is 0 Å². The third-order valence-corrected chi connectivity index (χ3v) is 4.19. The van der Waals surface area contributed by atoms with E-state index < -0.39 is 0 Å². The highest BCUT2D eigenvalue weighted by molar-refractivity contribution is 5.92. The summed E-state index contributed by atoms with van der Waals surface area (Å²) in [7, 11) is 4.09. The van der Waals surface area contributed by atoms with Gasteiger partial charge in [0.25, 0.3) is 0 Å². The molecule has 1 N–H and O–H groups in total. The predicted octanol–water partition coefficient (Wildman–Crippen LogP) is 3.76. The van der Waals surface area contributed by atoms with Crippen molar-refractivity contribution in [2.75, 3.05) is 19.0 Å². The van der Waals surface area contributed by atoms with Crippen molar-refractivity contribution in [3.63, 3.8) is 0 Å². The van der Waals surface area contributed by atoms with Crippen molar-refractivity contribution in [1.82, 2.24) is 5.32 Å². The monoisotopic (exact) mass is 306 g/mol. The van der Waals surface area contributed by atoms with E-state index in [2.05, 4.69) is 58.7 Å². The number of hydrogen-bond acceptors (Lipinski definition) is 3. The molecule has 2 aromatic carbocycles. The van der Waals surface area contributed by atoms with Crippen LogP contribution in [0.25, 0.3) is 11.1 Å². The van der Waals surface area contributed by atoms with Crippen LogP contribution < -0.4 is 10.2 Å². The Labute approximate surface area is 137 Å². The first-order valence-electron chi connectivity index (χ1n) is 7.96. The summed E-state index contributed by atoms with van der Waals surface area (Å²) in [5.74, 6) is 0.222. The van der Waals surface area contributed by atoms with Gasteiger partial charge in [-0.3, -0.25) is 4.79 Å². The minimum atomic E-state index is 0.222. The lowest BCUT2D eigenvalue weighted by Crippen LogP contribution is -2.12. The molecule has 0 saturated heterocycles. The third kappa shape index (κ3) is 3.62. The number of carbonyl (C=O) groups excluding carboxylic acids is 1. The van der Waals surface area contributed by atoms with Crippen LogP contribution in [0.5, 0.6) is 0 Å². The summed E-state index contributed by atoms with van der Waals surface area (Å²) in [6, 6.07) is 17.0. The maximum absolute atomic E-state index is 11.3. The molecule has 0 spiro atoms. The highest BCUT2D eigenvalue weighted by Gasteiger charge is 2.12.